The third-order valence-corrected chi connectivity index (χ3v) is 4.13. The smallest absolute Gasteiger partial charge is 0.338 e. The van der Waals surface area contributed by atoms with Crippen molar-refractivity contribution in [2.75, 3.05) is 6.61 Å². The maximum atomic E-state index is 12.0. The Kier molecular flexibility index (Phi) is 3.44. The Bertz CT molecular complexity index is 512. The summed E-state index contributed by atoms with van der Waals surface area (Å²) in [6, 6.07) is 8.74. The second kappa shape index (κ2) is 5.25. The number of esters is 2. The van der Waals surface area contributed by atoms with Crippen molar-refractivity contribution in [1.82, 2.24) is 0 Å². The molecule has 2 aliphatic rings. The molecule has 1 saturated heterocycles. The van der Waals surface area contributed by atoms with Crippen LogP contribution in [0, 0.1) is 11.8 Å². The minimum Gasteiger partial charge on any atom is -0.462 e. The van der Waals surface area contributed by atoms with Crippen molar-refractivity contribution >= 4 is 11.9 Å². The Morgan fingerprint density at radius 3 is 2.80 bits per heavy atom. The number of hydrogen-bond acceptors (Lipinski definition) is 5. The predicted molar refractivity (Wildman–Crippen MR) is 68.8 cm³/mol. The zero-order valence-corrected chi connectivity index (χ0v) is 10.9. The van der Waals surface area contributed by atoms with Crippen LogP contribution in [-0.4, -0.2) is 35.9 Å². The molecule has 0 aromatic heterocycles. The molecular formula is C15H16O5. The lowest BCUT2D eigenvalue weighted by Gasteiger charge is -2.20. The Labute approximate surface area is 116 Å². The van der Waals surface area contributed by atoms with Gasteiger partial charge in [-0.15, -0.1) is 0 Å². The molecule has 0 bridgehead atoms. The summed E-state index contributed by atoms with van der Waals surface area (Å²) in [5.74, 6) is -0.896. The lowest BCUT2D eigenvalue weighted by molar-refractivity contribution is -0.141. The maximum absolute atomic E-state index is 12.0. The Morgan fingerprint density at radius 1 is 1.35 bits per heavy atom. The van der Waals surface area contributed by atoms with E-state index in [9.17, 15) is 14.7 Å². The fourth-order valence-electron chi connectivity index (χ4n) is 3.13. The monoisotopic (exact) mass is 276 g/mol. The molecule has 5 nitrogen and oxygen atoms in total. The van der Waals surface area contributed by atoms with E-state index in [4.69, 9.17) is 9.47 Å². The van der Waals surface area contributed by atoms with Gasteiger partial charge in [0.05, 0.1) is 12.0 Å². The van der Waals surface area contributed by atoms with Gasteiger partial charge in [-0.1, -0.05) is 18.2 Å². The lowest BCUT2D eigenvalue weighted by atomic mass is 9.93. The van der Waals surface area contributed by atoms with Crippen LogP contribution in [0.3, 0.4) is 0 Å². The first kappa shape index (κ1) is 13.1. The zero-order chi connectivity index (χ0) is 14.1. The van der Waals surface area contributed by atoms with E-state index >= 15 is 0 Å². The third-order valence-electron chi connectivity index (χ3n) is 4.13. The number of carbonyl (C=O) groups excluding carboxylic acids is 2. The van der Waals surface area contributed by atoms with Gasteiger partial charge in [-0.25, -0.2) is 4.79 Å². The van der Waals surface area contributed by atoms with Crippen LogP contribution in [0.1, 0.15) is 23.2 Å². The van der Waals surface area contributed by atoms with Crippen molar-refractivity contribution in [3.63, 3.8) is 0 Å². The van der Waals surface area contributed by atoms with Crippen molar-refractivity contribution in [3.05, 3.63) is 35.9 Å². The van der Waals surface area contributed by atoms with Gasteiger partial charge < -0.3 is 14.6 Å². The molecule has 5 heteroatoms. The highest BCUT2D eigenvalue weighted by molar-refractivity contribution is 5.89. The van der Waals surface area contributed by atoms with E-state index in [1.807, 2.05) is 6.07 Å². The van der Waals surface area contributed by atoms with E-state index in [0.717, 1.165) is 0 Å². The fraction of sp³-hybridized carbons (Fsp3) is 0.467. The number of hydrogen-bond donors (Lipinski definition) is 1. The van der Waals surface area contributed by atoms with Crippen molar-refractivity contribution < 1.29 is 24.2 Å². The highest BCUT2D eigenvalue weighted by atomic mass is 16.6. The highest BCUT2D eigenvalue weighted by Crippen LogP contribution is 2.42. The fourth-order valence-corrected chi connectivity index (χ4v) is 3.13. The van der Waals surface area contributed by atoms with Gasteiger partial charge >= 0.3 is 11.9 Å². The standard InChI is InChI=1S/C15H16O5/c16-8-11-10-6-14(17)19-12(10)7-13(11)20-15(18)9-4-2-1-3-5-9/h1-5,10-13,16H,6-8H2/t10-,11?,12?,13?/m1/s1. The lowest BCUT2D eigenvalue weighted by Crippen LogP contribution is -2.28. The van der Waals surface area contributed by atoms with Gasteiger partial charge in [0.25, 0.3) is 0 Å². The summed E-state index contributed by atoms with van der Waals surface area (Å²) in [5.41, 5.74) is 0.484. The summed E-state index contributed by atoms with van der Waals surface area (Å²) in [4.78, 5) is 23.3. The van der Waals surface area contributed by atoms with Crippen LogP contribution < -0.4 is 0 Å². The molecule has 1 aliphatic heterocycles. The number of benzene rings is 1. The summed E-state index contributed by atoms with van der Waals surface area (Å²) in [7, 11) is 0. The molecule has 1 aromatic rings. The van der Waals surface area contributed by atoms with Crippen LogP contribution in [0.25, 0.3) is 0 Å². The second-order valence-electron chi connectivity index (χ2n) is 5.29. The molecule has 2 fully saturated rings. The Morgan fingerprint density at radius 2 is 2.10 bits per heavy atom. The summed E-state index contributed by atoms with van der Waals surface area (Å²) >= 11 is 0. The number of ether oxygens (including phenoxy) is 2. The van der Waals surface area contributed by atoms with E-state index in [0.29, 0.717) is 18.4 Å². The molecule has 0 amide bonds. The summed E-state index contributed by atoms with van der Waals surface area (Å²) < 4.78 is 10.7. The SMILES string of the molecule is O=C1C[C@H]2C(CC(OC(=O)c3ccccc3)C2CO)O1. The quantitative estimate of drug-likeness (QED) is 0.839. The molecule has 1 aliphatic carbocycles. The van der Waals surface area contributed by atoms with Crippen molar-refractivity contribution in [2.24, 2.45) is 11.8 Å². The van der Waals surface area contributed by atoms with Crippen molar-refractivity contribution in [1.29, 1.82) is 0 Å². The van der Waals surface area contributed by atoms with E-state index < -0.39 is 12.1 Å². The molecule has 1 heterocycles. The maximum Gasteiger partial charge on any atom is 0.338 e. The topological polar surface area (TPSA) is 72.8 Å². The molecule has 3 rings (SSSR count). The Hall–Kier alpha value is -1.88. The third kappa shape index (κ3) is 2.29. The van der Waals surface area contributed by atoms with E-state index in [1.165, 1.54) is 0 Å². The van der Waals surface area contributed by atoms with Gasteiger partial charge in [-0.3, -0.25) is 4.79 Å². The molecule has 1 aromatic carbocycles. The molecule has 20 heavy (non-hydrogen) atoms. The first-order valence-electron chi connectivity index (χ1n) is 6.75. The van der Waals surface area contributed by atoms with Crippen molar-refractivity contribution in [3.8, 4) is 0 Å². The number of aliphatic hydroxyl groups excluding tert-OH is 1. The molecule has 0 radical (unpaired) electrons. The van der Waals surface area contributed by atoms with Crippen LogP contribution in [-0.2, 0) is 14.3 Å². The van der Waals surface area contributed by atoms with Gasteiger partial charge in [0.2, 0.25) is 0 Å². The van der Waals surface area contributed by atoms with Gasteiger partial charge in [0, 0.05) is 24.9 Å². The first-order chi connectivity index (χ1) is 9.69. The normalized spacial score (nSPS) is 31.8. The first-order valence-corrected chi connectivity index (χ1v) is 6.75. The number of rotatable bonds is 3. The van der Waals surface area contributed by atoms with Gasteiger partial charge in [-0.2, -0.15) is 0 Å². The minimum atomic E-state index is -0.402. The molecule has 1 saturated carbocycles. The average Bonchev–Trinajstić information content (AvgIpc) is 2.95. The molecule has 0 spiro atoms. The summed E-state index contributed by atoms with van der Waals surface area (Å²) in [6.07, 6.45) is 0.152. The molecular weight excluding hydrogens is 260 g/mol. The van der Waals surface area contributed by atoms with E-state index in [2.05, 4.69) is 0 Å². The Balaban J connectivity index is 1.69. The predicted octanol–water partition coefficient (Wildman–Crippen LogP) is 1.16. The average molecular weight is 276 g/mol. The van der Waals surface area contributed by atoms with Gasteiger partial charge in [-0.05, 0) is 12.1 Å². The summed E-state index contributed by atoms with van der Waals surface area (Å²) in [5, 5.41) is 9.50. The van der Waals surface area contributed by atoms with Gasteiger partial charge in [0.1, 0.15) is 12.2 Å². The number of fused-ring (bicyclic) bond motifs is 1. The van der Waals surface area contributed by atoms with Gasteiger partial charge in [0.15, 0.2) is 0 Å². The van der Waals surface area contributed by atoms with Crippen LogP contribution in [0.2, 0.25) is 0 Å². The second-order valence-corrected chi connectivity index (χ2v) is 5.29. The zero-order valence-electron chi connectivity index (χ0n) is 10.9. The van der Waals surface area contributed by atoms with Crippen LogP contribution in [0.4, 0.5) is 0 Å². The van der Waals surface area contributed by atoms with Crippen LogP contribution in [0.5, 0.6) is 0 Å². The molecule has 4 atom stereocenters. The molecule has 106 valence electrons. The summed E-state index contributed by atoms with van der Waals surface area (Å²) in [6.45, 7) is -0.107. The van der Waals surface area contributed by atoms with Crippen LogP contribution in [0.15, 0.2) is 30.3 Å². The number of carbonyl (C=O) groups is 2. The number of aliphatic hydroxyl groups is 1. The van der Waals surface area contributed by atoms with E-state index in [1.54, 1.807) is 24.3 Å². The highest BCUT2D eigenvalue weighted by Gasteiger charge is 2.51. The van der Waals surface area contributed by atoms with E-state index in [-0.39, 0.29) is 30.5 Å². The van der Waals surface area contributed by atoms with Crippen LogP contribution >= 0.6 is 0 Å². The minimum absolute atomic E-state index is 0.0407. The molecule has 1 N–H and O–H groups in total. The van der Waals surface area contributed by atoms with Crippen molar-refractivity contribution in [2.45, 2.75) is 25.0 Å². The molecule has 3 unspecified atom stereocenters. The largest absolute Gasteiger partial charge is 0.462 e.